The molecule has 1 aliphatic carbocycles. The standard InChI is InChI=1S/C18H28N2O3/c1-23-14-13-20-12-9-18(17(20)22)7-4-10-19(11-8-18)16(21)15-5-2-3-6-15/h2-3,15H,4-14H2,1H3. The molecule has 0 bridgehead atoms. The molecule has 0 radical (unpaired) electrons. The first-order valence-corrected chi connectivity index (χ1v) is 8.88. The Kier molecular flexibility index (Phi) is 5.05. The Morgan fingerprint density at radius 2 is 1.96 bits per heavy atom. The van der Waals surface area contributed by atoms with Crippen molar-refractivity contribution in [2.45, 2.75) is 38.5 Å². The third kappa shape index (κ3) is 3.30. The van der Waals surface area contributed by atoms with E-state index in [1.54, 1.807) is 7.11 Å². The number of ether oxygens (including phenoxy) is 1. The van der Waals surface area contributed by atoms with Crippen LogP contribution < -0.4 is 0 Å². The van der Waals surface area contributed by atoms with E-state index in [1.165, 1.54) is 0 Å². The third-order valence-corrected chi connectivity index (χ3v) is 5.78. The van der Waals surface area contributed by atoms with E-state index in [0.29, 0.717) is 13.2 Å². The van der Waals surface area contributed by atoms with Crippen LogP contribution in [-0.4, -0.2) is 61.5 Å². The van der Waals surface area contributed by atoms with Gasteiger partial charge in [-0.2, -0.15) is 0 Å². The molecule has 2 fully saturated rings. The number of carbonyl (C=O) groups is 2. The van der Waals surface area contributed by atoms with Crippen molar-refractivity contribution in [2.24, 2.45) is 11.3 Å². The lowest BCUT2D eigenvalue weighted by molar-refractivity contribution is -0.138. The predicted molar refractivity (Wildman–Crippen MR) is 87.8 cm³/mol. The second-order valence-electron chi connectivity index (χ2n) is 7.13. The Bertz CT molecular complexity index is 483. The van der Waals surface area contributed by atoms with Gasteiger partial charge in [-0.15, -0.1) is 0 Å². The van der Waals surface area contributed by atoms with Crippen LogP contribution in [0.25, 0.3) is 0 Å². The number of amides is 2. The highest BCUT2D eigenvalue weighted by Gasteiger charge is 2.47. The zero-order valence-corrected chi connectivity index (χ0v) is 14.1. The van der Waals surface area contributed by atoms with Gasteiger partial charge < -0.3 is 14.5 Å². The van der Waals surface area contributed by atoms with Crippen molar-refractivity contribution in [1.29, 1.82) is 0 Å². The number of allylic oxidation sites excluding steroid dienone is 2. The van der Waals surface area contributed by atoms with Gasteiger partial charge in [-0.05, 0) is 38.5 Å². The van der Waals surface area contributed by atoms with Crippen molar-refractivity contribution in [3.05, 3.63) is 12.2 Å². The highest BCUT2D eigenvalue weighted by atomic mass is 16.5. The van der Waals surface area contributed by atoms with Crippen molar-refractivity contribution >= 4 is 11.8 Å². The Morgan fingerprint density at radius 1 is 1.22 bits per heavy atom. The Morgan fingerprint density at radius 3 is 2.70 bits per heavy atom. The van der Waals surface area contributed by atoms with Crippen molar-refractivity contribution in [3.63, 3.8) is 0 Å². The summed E-state index contributed by atoms with van der Waals surface area (Å²) in [7, 11) is 1.67. The molecule has 0 N–H and O–H groups in total. The molecule has 2 saturated heterocycles. The molecular weight excluding hydrogens is 292 g/mol. The molecular formula is C18H28N2O3. The Labute approximate surface area is 138 Å². The van der Waals surface area contributed by atoms with Crippen LogP contribution in [0.5, 0.6) is 0 Å². The molecule has 3 aliphatic rings. The average Bonchev–Trinajstić information content (AvgIpc) is 3.12. The van der Waals surface area contributed by atoms with Gasteiger partial charge in [-0.25, -0.2) is 0 Å². The van der Waals surface area contributed by atoms with Gasteiger partial charge >= 0.3 is 0 Å². The van der Waals surface area contributed by atoms with Crippen LogP contribution in [0.3, 0.4) is 0 Å². The maximum atomic E-state index is 12.8. The maximum Gasteiger partial charge on any atom is 0.229 e. The molecule has 5 nitrogen and oxygen atoms in total. The summed E-state index contributed by atoms with van der Waals surface area (Å²) in [6.07, 6.45) is 9.59. The lowest BCUT2D eigenvalue weighted by atomic mass is 9.79. The molecule has 1 spiro atoms. The second-order valence-corrected chi connectivity index (χ2v) is 7.13. The van der Waals surface area contributed by atoms with E-state index >= 15 is 0 Å². The summed E-state index contributed by atoms with van der Waals surface area (Å²) in [6, 6.07) is 0. The van der Waals surface area contributed by atoms with E-state index in [-0.39, 0.29) is 23.1 Å². The number of hydrogen-bond acceptors (Lipinski definition) is 3. The number of nitrogens with zero attached hydrogens (tertiary/aromatic N) is 2. The topological polar surface area (TPSA) is 49.9 Å². The van der Waals surface area contributed by atoms with Crippen LogP contribution in [-0.2, 0) is 14.3 Å². The second kappa shape index (κ2) is 7.04. The fourth-order valence-corrected chi connectivity index (χ4v) is 4.26. The minimum absolute atomic E-state index is 0.140. The molecule has 2 amide bonds. The van der Waals surface area contributed by atoms with Crippen molar-refractivity contribution in [2.75, 3.05) is 39.9 Å². The summed E-state index contributed by atoms with van der Waals surface area (Å²) in [5, 5.41) is 0. The molecule has 0 aromatic heterocycles. The van der Waals surface area contributed by atoms with Crippen molar-refractivity contribution in [1.82, 2.24) is 9.80 Å². The fourth-order valence-electron chi connectivity index (χ4n) is 4.26. The maximum absolute atomic E-state index is 12.8. The van der Waals surface area contributed by atoms with E-state index in [4.69, 9.17) is 4.74 Å². The summed E-state index contributed by atoms with van der Waals surface area (Å²) >= 11 is 0. The number of methoxy groups -OCH3 is 1. The summed E-state index contributed by atoms with van der Waals surface area (Å²) in [5.41, 5.74) is -0.225. The SMILES string of the molecule is COCCN1CCC2(CCCN(C(=O)C3CC=CC3)CC2)C1=O. The van der Waals surface area contributed by atoms with E-state index in [0.717, 1.165) is 58.2 Å². The summed E-state index contributed by atoms with van der Waals surface area (Å²) in [6.45, 7) is 3.67. The quantitative estimate of drug-likeness (QED) is 0.743. The van der Waals surface area contributed by atoms with Crippen molar-refractivity contribution in [3.8, 4) is 0 Å². The van der Waals surface area contributed by atoms with Gasteiger partial charge in [0.25, 0.3) is 0 Å². The molecule has 128 valence electrons. The van der Waals surface area contributed by atoms with Gasteiger partial charge in [0, 0.05) is 39.2 Å². The normalized spacial score (nSPS) is 28.8. The predicted octanol–water partition coefficient (Wildman–Crippen LogP) is 1.83. The summed E-state index contributed by atoms with van der Waals surface area (Å²) < 4.78 is 5.11. The largest absolute Gasteiger partial charge is 0.383 e. The first-order valence-electron chi connectivity index (χ1n) is 8.88. The van der Waals surface area contributed by atoms with Crippen LogP contribution in [0.4, 0.5) is 0 Å². The average molecular weight is 320 g/mol. The number of rotatable bonds is 4. The zero-order valence-electron chi connectivity index (χ0n) is 14.1. The van der Waals surface area contributed by atoms with E-state index in [9.17, 15) is 9.59 Å². The van der Waals surface area contributed by atoms with Crippen LogP contribution in [0.15, 0.2) is 12.2 Å². The minimum atomic E-state index is -0.225. The molecule has 3 rings (SSSR count). The smallest absolute Gasteiger partial charge is 0.229 e. The fraction of sp³-hybridized carbons (Fsp3) is 0.778. The van der Waals surface area contributed by atoms with Crippen LogP contribution in [0, 0.1) is 11.3 Å². The first kappa shape index (κ1) is 16.5. The van der Waals surface area contributed by atoms with E-state index < -0.39 is 0 Å². The summed E-state index contributed by atoms with van der Waals surface area (Å²) in [4.78, 5) is 29.4. The van der Waals surface area contributed by atoms with E-state index in [1.807, 2.05) is 9.80 Å². The van der Waals surface area contributed by atoms with Crippen LogP contribution >= 0.6 is 0 Å². The number of carbonyl (C=O) groups excluding carboxylic acids is 2. The highest BCUT2D eigenvalue weighted by Crippen LogP contribution is 2.41. The lowest BCUT2D eigenvalue weighted by Crippen LogP contribution is -2.39. The third-order valence-electron chi connectivity index (χ3n) is 5.78. The molecule has 0 aromatic rings. The highest BCUT2D eigenvalue weighted by molar-refractivity contribution is 5.85. The van der Waals surface area contributed by atoms with E-state index in [2.05, 4.69) is 12.2 Å². The molecule has 1 unspecified atom stereocenters. The first-order chi connectivity index (χ1) is 11.2. The Balaban J connectivity index is 1.60. The monoisotopic (exact) mass is 320 g/mol. The molecule has 0 aromatic carbocycles. The molecule has 0 saturated carbocycles. The molecule has 1 atom stereocenters. The summed E-state index contributed by atoms with van der Waals surface area (Å²) in [5.74, 6) is 0.710. The lowest BCUT2D eigenvalue weighted by Gasteiger charge is -2.27. The minimum Gasteiger partial charge on any atom is -0.383 e. The van der Waals surface area contributed by atoms with Crippen LogP contribution in [0.1, 0.15) is 38.5 Å². The number of likely N-dealkylation sites (tertiary alicyclic amines) is 2. The van der Waals surface area contributed by atoms with Gasteiger partial charge in [0.15, 0.2) is 0 Å². The van der Waals surface area contributed by atoms with Crippen LogP contribution in [0.2, 0.25) is 0 Å². The van der Waals surface area contributed by atoms with Crippen molar-refractivity contribution < 1.29 is 14.3 Å². The number of hydrogen-bond donors (Lipinski definition) is 0. The zero-order chi connectivity index (χ0) is 16.3. The molecule has 23 heavy (non-hydrogen) atoms. The van der Waals surface area contributed by atoms with Gasteiger partial charge in [0.05, 0.1) is 12.0 Å². The van der Waals surface area contributed by atoms with Gasteiger partial charge in [-0.1, -0.05) is 12.2 Å². The molecule has 5 heteroatoms. The molecule has 2 aliphatic heterocycles. The van der Waals surface area contributed by atoms with Gasteiger partial charge in [0.1, 0.15) is 0 Å². The Hall–Kier alpha value is -1.36. The molecule has 2 heterocycles. The van der Waals surface area contributed by atoms with Gasteiger partial charge in [-0.3, -0.25) is 9.59 Å². The van der Waals surface area contributed by atoms with Gasteiger partial charge in [0.2, 0.25) is 11.8 Å².